The van der Waals surface area contributed by atoms with Crippen molar-refractivity contribution in [3.8, 4) is 6.07 Å². The van der Waals surface area contributed by atoms with E-state index in [2.05, 4.69) is 41.9 Å². The van der Waals surface area contributed by atoms with E-state index in [9.17, 15) is 5.26 Å². The number of rotatable bonds is 3. The second kappa shape index (κ2) is 6.70. The van der Waals surface area contributed by atoms with Crippen LogP contribution in [0.1, 0.15) is 32.1 Å². The first-order valence-electron chi connectivity index (χ1n) is 6.63. The van der Waals surface area contributed by atoms with Crippen molar-refractivity contribution in [1.82, 2.24) is 0 Å². The number of hydrogen-bond acceptors (Lipinski definition) is 3. The van der Waals surface area contributed by atoms with Gasteiger partial charge in [0.25, 0.3) is 0 Å². The normalized spacial score (nSPS) is 24.0. The zero-order valence-corrected chi connectivity index (χ0v) is 11.7. The average Bonchev–Trinajstić information content (AvgIpc) is 2.64. The fraction of sp³-hybridized carbons (Fsp3) is 0.533. The van der Waals surface area contributed by atoms with E-state index in [1.54, 1.807) is 11.8 Å². The molecule has 0 aliphatic heterocycles. The topological polar surface area (TPSA) is 35.8 Å². The molecule has 0 bridgehead atoms. The number of benzene rings is 1. The van der Waals surface area contributed by atoms with Crippen molar-refractivity contribution < 1.29 is 0 Å². The third-order valence-electron chi connectivity index (χ3n) is 3.60. The van der Waals surface area contributed by atoms with Crippen molar-refractivity contribution >= 4 is 17.4 Å². The number of nitriles is 1. The maximum absolute atomic E-state index is 9.27. The van der Waals surface area contributed by atoms with Gasteiger partial charge in [-0.25, -0.2) is 0 Å². The molecule has 1 aliphatic carbocycles. The Balaban J connectivity index is 2.08. The Morgan fingerprint density at radius 3 is 2.89 bits per heavy atom. The summed E-state index contributed by atoms with van der Waals surface area (Å²) < 4.78 is 0. The average molecular weight is 260 g/mol. The van der Waals surface area contributed by atoms with Crippen LogP contribution in [-0.2, 0) is 0 Å². The fourth-order valence-electron chi connectivity index (χ4n) is 2.56. The number of hydrogen-bond donors (Lipinski definition) is 1. The van der Waals surface area contributed by atoms with Gasteiger partial charge in [-0.2, -0.15) is 5.26 Å². The van der Waals surface area contributed by atoms with Gasteiger partial charge in [-0.3, -0.25) is 0 Å². The molecule has 96 valence electrons. The molecule has 0 saturated heterocycles. The van der Waals surface area contributed by atoms with Crippen molar-refractivity contribution in [3.05, 3.63) is 24.3 Å². The van der Waals surface area contributed by atoms with Crippen molar-refractivity contribution in [1.29, 1.82) is 5.26 Å². The minimum Gasteiger partial charge on any atom is -0.381 e. The monoisotopic (exact) mass is 260 g/mol. The maximum Gasteiger partial charge on any atom is 0.0677 e. The zero-order valence-electron chi connectivity index (χ0n) is 10.9. The summed E-state index contributed by atoms with van der Waals surface area (Å²) in [5.74, 6) is 0.158. The molecule has 1 aliphatic rings. The summed E-state index contributed by atoms with van der Waals surface area (Å²) >= 11 is 1.75. The molecular weight excluding hydrogens is 240 g/mol. The van der Waals surface area contributed by atoms with Crippen molar-refractivity contribution in [2.24, 2.45) is 5.92 Å². The molecule has 0 spiro atoms. The number of nitrogens with zero attached hydrogens (tertiary/aromatic N) is 1. The first-order valence-corrected chi connectivity index (χ1v) is 7.86. The minimum absolute atomic E-state index is 0.158. The summed E-state index contributed by atoms with van der Waals surface area (Å²) in [5.41, 5.74) is 1.15. The highest BCUT2D eigenvalue weighted by molar-refractivity contribution is 7.98. The molecule has 2 atom stereocenters. The summed E-state index contributed by atoms with van der Waals surface area (Å²) in [6, 6.07) is 11.2. The van der Waals surface area contributed by atoms with E-state index >= 15 is 0 Å². The third kappa shape index (κ3) is 3.43. The molecule has 1 fully saturated rings. The van der Waals surface area contributed by atoms with Gasteiger partial charge in [0.2, 0.25) is 0 Å². The Hall–Kier alpha value is -1.14. The lowest BCUT2D eigenvalue weighted by Crippen LogP contribution is -2.27. The van der Waals surface area contributed by atoms with Crippen LogP contribution in [0.2, 0.25) is 0 Å². The summed E-state index contributed by atoms with van der Waals surface area (Å²) in [7, 11) is 0. The highest BCUT2D eigenvalue weighted by Gasteiger charge is 2.23. The van der Waals surface area contributed by atoms with Crippen LogP contribution in [0, 0.1) is 17.2 Å². The molecule has 1 aromatic carbocycles. The summed E-state index contributed by atoms with van der Waals surface area (Å²) in [5, 5.41) is 12.8. The molecular formula is C15H20N2S. The van der Waals surface area contributed by atoms with E-state index in [4.69, 9.17) is 0 Å². The largest absolute Gasteiger partial charge is 0.381 e. The van der Waals surface area contributed by atoms with Gasteiger partial charge < -0.3 is 5.32 Å². The highest BCUT2D eigenvalue weighted by Crippen LogP contribution is 2.27. The van der Waals surface area contributed by atoms with Gasteiger partial charge in [-0.1, -0.05) is 25.3 Å². The van der Waals surface area contributed by atoms with Gasteiger partial charge >= 0.3 is 0 Å². The predicted octanol–water partition coefficient (Wildman–Crippen LogP) is 4.29. The first kappa shape index (κ1) is 13.3. The van der Waals surface area contributed by atoms with E-state index in [-0.39, 0.29) is 5.92 Å². The summed E-state index contributed by atoms with van der Waals surface area (Å²) in [4.78, 5) is 1.27. The fourth-order valence-corrected chi connectivity index (χ4v) is 3.02. The smallest absolute Gasteiger partial charge is 0.0677 e. The van der Waals surface area contributed by atoms with E-state index in [1.165, 1.54) is 24.2 Å². The van der Waals surface area contributed by atoms with Crippen molar-refractivity contribution in [3.63, 3.8) is 0 Å². The quantitative estimate of drug-likeness (QED) is 0.650. The van der Waals surface area contributed by atoms with E-state index in [0.717, 1.165) is 18.5 Å². The van der Waals surface area contributed by atoms with Crippen LogP contribution in [0.25, 0.3) is 0 Å². The van der Waals surface area contributed by atoms with Gasteiger partial charge in [0.1, 0.15) is 0 Å². The Morgan fingerprint density at radius 2 is 2.11 bits per heavy atom. The maximum atomic E-state index is 9.27. The molecule has 18 heavy (non-hydrogen) atoms. The molecule has 1 aromatic rings. The second-order valence-electron chi connectivity index (χ2n) is 4.86. The molecule has 0 amide bonds. The second-order valence-corrected chi connectivity index (χ2v) is 5.74. The molecule has 0 heterocycles. The Kier molecular flexibility index (Phi) is 4.95. The molecule has 3 heteroatoms. The van der Waals surface area contributed by atoms with E-state index in [1.807, 2.05) is 0 Å². The molecule has 1 N–H and O–H groups in total. The zero-order chi connectivity index (χ0) is 12.8. The van der Waals surface area contributed by atoms with Crippen LogP contribution in [0.4, 0.5) is 5.69 Å². The van der Waals surface area contributed by atoms with Crippen LogP contribution < -0.4 is 5.32 Å². The van der Waals surface area contributed by atoms with Crippen LogP contribution in [-0.4, -0.2) is 12.3 Å². The van der Waals surface area contributed by atoms with Crippen molar-refractivity contribution in [2.45, 2.75) is 43.0 Å². The number of thioether (sulfide) groups is 1. The van der Waals surface area contributed by atoms with Gasteiger partial charge in [0, 0.05) is 16.6 Å². The van der Waals surface area contributed by atoms with Crippen LogP contribution in [0.5, 0.6) is 0 Å². The van der Waals surface area contributed by atoms with Gasteiger partial charge in [0.15, 0.2) is 0 Å². The third-order valence-corrected chi connectivity index (χ3v) is 4.33. The Morgan fingerprint density at radius 1 is 1.28 bits per heavy atom. The van der Waals surface area contributed by atoms with Crippen molar-refractivity contribution in [2.75, 3.05) is 11.6 Å². The number of nitrogens with one attached hydrogen (secondary N) is 1. The van der Waals surface area contributed by atoms with E-state index in [0.29, 0.717) is 6.04 Å². The molecule has 1 saturated carbocycles. The summed E-state index contributed by atoms with van der Waals surface area (Å²) in [6.45, 7) is 0. The van der Waals surface area contributed by atoms with Gasteiger partial charge in [-0.05, 0) is 37.3 Å². The SMILES string of the molecule is CSc1cccc(NC2CCCCCC2C#N)c1. The molecule has 2 rings (SSSR count). The Bertz CT molecular complexity index is 425. The predicted molar refractivity (Wildman–Crippen MR) is 77.8 cm³/mol. The van der Waals surface area contributed by atoms with Crippen LogP contribution in [0.3, 0.4) is 0 Å². The lowest BCUT2D eigenvalue weighted by Gasteiger charge is -2.22. The van der Waals surface area contributed by atoms with Gasteiger partial charge in [-0.15, -0.1) is 11.8 Å². The molecule has 0 aromatic heterocycles. The summed E-state index contributed by atoms with van der Waals surface area (Å²) in [6.07, 6.45) is 7.93. The minimum atomic E-state index is 0.158. The molecule has 2 unspecified atom stereocenters. The number of anilines is 1. The van der Waals surface area contributed by atoms with Crippen LogP contribution >= 0.6 is 11.8 Å². The van der Waals surface area contributed by atoms with E-state index < -0.39 is 0 Å². The lowest BCUT2D eigenvalue weighted by molar-refractivity contribution is 0.514. The van der Waals surface area contributed by atoms with Crippen LogP contribution in [0.15, 0.2) is 29.2 Å². The molecule has 2 nitrogen and oxygen atoms in total. The lowest BCUT2D eigenvalue weighted by atomic mass is 9.96. The molecule has 0 radical (unpaired) electrons. The highest BCUT2D eigenvalue weighted by atomic mass is 32.2. The first-order chi connectivity index (χ1) is 8.83. The Labute approximate surface area is 114 Å². The van der Waals surface area contributed by atoms with Gasteiger partial charge in [0.05, 0.1) is 12.0 Å². The standard InChI is InChI=1S/C15H20N2S/c1-18-14-8-5-7-13(10-14)17-15-9-4-2-3-6-12(15)11-16/h5,7-8,10,12,15,17H,2-4,6,9H2,1H3.